The molecule has 0 aromatic heterocycles. The van der Waals surface area contributed by atoms with E-state index >= 15 is 0 Å². The Balaban J connectivity index is 1.90. The Hall–Kier alpha value is -3.81. The summed E-state index contributed by atoms with van der Waals surface area (Å²) in [5.74, 6) is 0.272. The van der Waals surface area contributed by atoms with Gasteiger partial charge in [-0.25, -0.2) is 0 Å². The molecule has 0 aliphatic rings. The first-order valence-corrected chi connectivity index (χ1v) is 10.9. The van der Waals surface area contributed by atoms with Crippen molar-refractivity contribution in [2.24, 2.45) is 0 Å². The first-order chi connectivity index (χ1) is 15.7. The third-order valence-electron chi connectivity index (χ3n) is 5.67. The average Bonchev–Trinajstić information content (AvgIpc) is 2.85. The Kier molecular flexibility index (Phi) is 5.49. The van der Waals surface area contributed by atoms with Crippen molar-refractivity contribution >= 4 is 11.6 Å². The number of halogens is 1. The van der Waals surface area contributed by atoms with Gasteiger partial charge in [0.15, 0.2) is 0 Å². The summed E-state index contributed by atoms with van der Waals surface area (Å²) in [6.07, 6.45) is 0. The Morgan fingerprint density at radius 2 is 0.812 bits per heavy atom. The molecule has 0 atom stereocenters. The smallest absolute Gasteiger partial charge is 0.132 e. The van der Waals surface area contributed by atoms with E-state index in [1.165, 1.54) is 0 Å². The van der Waals surface area contributed by atoms with Gasteiger partial charge in [-0.3, -0.25) is 0 Å². The van der Waals surface area contributed by atoms with Gasteiger partial charge in [0, 0.05) is 16.1 Å². The van der Waals surface area contributed by atoms with Crippen molar-refractivity contribution in [3.05, 3.63) is 126 Å². The predicted molar refractivity (Wildman–Crippen MR) is 135 cm³/mol. The van der Waals surface area contributed by atoms with Gasteiger partial charge >= 0.3 is 0 Å². The van der Waals surface area contributed by atoms with Crippen LogP contribution in [0.2, 0.25) is 5.02 Å². The van der Waals surface area contributed by atoms with Gasteiger partial charge in [-0.05, 0) is 51.6 Å². The molecule has 0 fully saturated rings. The summed E-state index contributed by atoms with van der Waals surface area (Å²) in [6, 6.07) is 40.3. The minimum atomic E-state index is 0.272. The lowest BCUT2D eigenvalue weighted by Gasteiger charge is -2.20. The van der Waals surface area contributed by atoms with Crippen LogP contribution < -0.4 is 0 Å². The van der Waals surface area contributed by atoms with Gasteiger partial charge < -0.3 is 5.11 Å². The molecule has 5 rings (SSSR count). The number of hydrogen-bond donors (Lipinski definition) is 1. The molecule has 0 heterocycles. The monoisotopic (exact) mass is 432 g/mol. The zero-order chi connectivity index (χ0) is 21.9. The van der Waals surface area contributed by atoms with E-state index in [9.17, 15) is 5.11 Å². The molecule has 32 heavy (non-hydrogen) atoms. The molecule has 0 amide bonds. The summed E-state index contributed by atoms with van der Waals surface area (Å²) in [5.41, 5.74) is 7.58. The number of rotatable bonds is 4. The molecule has 1 N–H and O–H groups in total. The van der Waals surface area contributed by atoms with Crippen LogP contribution in [0.5, 0.6) is 5.75 Å². The first-order valence-electron chi connectivity index (χ1n) is 10.5. The van der Waals surface area contributed by atoms with Crippen molar-refractivity contribution in [3.63, 3.8) is 0 Å². The summed E-state index contributed by atoms with van der Waals surface area (Å²) in [6.45, 7) is 0. The molecule has 0 aliphatic heterocycles. The summed E-state index contributed by atoms with van der Waals surface area (Å²) in [7, 11) is 0. The van der Waals surface area contributed by atoms with Crippen LogP contribution in [-0.2, 0) is 0 Å². The topological polar surface area (TPSA) is 20.2 Å². The lowest BCUT2D eigenvalue weighted by molar-refractivity contribution is 0.480. The maximum absolute atomic E-state index is 11.8. The number of benzene rings is 5. The van der Waals surface area contributed by atoms with E-state index < -0.39 is 0 Å². The number of phenols is 1. The van der Waals surface area contributed by atoms with Gasteiger partial charge in [0.05, 0.1) is 0 Å². The largest absolute Gasteiger partial charge is 0.507 e. The highest BCUT2D eigenvalue weighted by Crippen LogP contribution is 2.49. The van der Waals surface area contributed by atoms with Crippen LogP contribution in [0.3, 0.4) is 0 Å². The van der Waals surface area contributed by atoms with E-state index in [2.05, 4.69) is 18.2 Å². The SMILES string of the molecule is Oc1c(-c2ccccc2)c(-c2ccccc2)cc(-c2ccc(Cl)cc2)c1-c1ccccc1. The molecule has 0 radical (unpaired) electrons. The van der Waals surface area contributed by atoms with E-state index in [-0.39, 0.29) is 5.75 Å². The third kappa shape index (κ3) is 3.79. The average molecular weight is 433 g/mol. The molecule has 0 saturated heterocycles. The highest BCUT2D eigenvalue weighted by Gasteiger charge is 2.22. The standard InChI is InChI=1S/C30H21ClO/c31-25-18-16-22(17-19-25)27-20-26(21-10-4-1-5-11-21)28(23-12-6-2-7-13-23)30(32)29(27)24-14-8-3-9-15-24/h1-20,32H. The molecule has 5 aromatic carbocycles. The molecule has 1 nitrogen and oxygen atoms in total. The fraction of sp³-hybridized carbons (Fsp3) is 0. The van der Waals surface area contributed by atoms with E-state index in [0.29, 0.717) is 5.02 Å². The second-order valence-corrected chi connectivity index (χ2v) is 8.11. The molecule has 0 unspecified atom stereocenters. The van der Waals surface area contributed by atoms with Gasteiger partial charge in [0.1, 0.15) is 5.75 Å². The number of aromatic hydroxyl groups is 1. The second-order valence-electron chi connectivity index (χ2n) is 7.68. The van der Waals surface area contributed by atoms with Crippen molar-refractivity contribution in [1.82, 2.24) is 0 Å². The lowest BCUT2D eigenvalue weighted by Crippen LogP contribution is -1.94. The highest BCUT2D eigenvalue weighted by atomic mass is 35.5. The Morgan fingerprint density at radius 1 is 0.438 bits per heavy atom. The van der Waals surface area contributed by atoms with Crippen molar-refractivity contribution in [2.45, 2.75) is 0 Å². The van der Waals surface area contributed by atoms with Crippen molar-refractivity contribution in [1.29, 1.82) is 0 Å². The molecule has 0 aliphatic carbocycles. The highest BCUT2D eigenvalue weighted by molar-refractivity contribution is 6.30. The van der Waals surface area contributed by atoms with E-state index in [0.717, 1.165) is 44.5 Å². The van der Waals surface area contributed by atoms with E-state index in [4.69, 9.17) is 11.6 Å². The zero-order valence-corrected chi connectivity index (χ0v) is 18.1. The van der Waals surface area contributed by atoms with E-state index in [1.807, 2.05) is 103 Å². The van der Waals surface area contributed by atoms with Crippen LogP contribution in [-0.4, -0.2) is 5.11 Å². The summed E-state index contributed by atoms with van der Waals surface area (Å²) in [5, 5.41) is 12.5. The van der Waals surface area contributed by atoms with Gasteiger partial charge in [0.2, 0.25) is 0 Å². The fourth-order valence-electron chi connectivity index (χ4n) is 4.17. The Morgan fingerprint density at radius 3 is 1.25 bits per heavy atom. The quantitative estimate of drug-likeness (QED) is 0.301. The lowest BCUT2D eigenvalue weighted by atomic mass is 9.84. The summed E-state index contributed by atoms with van der Waals surface area (Å²) < 4.78 is 0. The first kappa shape index (κ1) is 20.1. The molecule has 0 spiro atoms. The van der Waals surface area contributed by atoms with Crippen molar-refractivity contribution in [3.8, 4) is 50.3 Å². The Labute approximate surface area is 193 Å². The molecular weight excluding hydrogens is 412 g/mol. The van der Waals surface area contributed by atoms with Gasteiger partial charge in [-0.2, -0.15) is 0 Å². The minimum Gasteiger partial charge on any atom is -0.507 e. The number of phenolic OH excluding ortho intramolecular Hbond substituents is 1. The van der Waals surface area contributed by atoms with Gasteiger partial charge in [-0.1, -0.05) is 115 Å². The van der Waals surface area contributed by atoms with Gasteiger partial charge in [0.25, 0.3) is 0 Å². The molecule has 5 aromatic rings. The third-order valence-corrected chi connectivity index (χ3v) is 5.92. The minimum absolute atomic E-state index is 0.272. The zero-order valence-electron chi connectivity index (χ0n) is 17.4. The normalized spacial score (nSPS) is 10.8. The van der Waals surface area contributed by atoms with Crippen molar-refractivity contribution in [2.75, 3.05) is 0 Å². The van der Waals surface area contributed by atoms with Crippen molar-refractivity contribution < 1.29 is 5.11 Å². The molecule has 154 valence electrons. The molecule has 0 saturated carbocycles. The maximum Gasteiger partial charge on any atom is 0.132 e. The van der Waals surface area contributed by atoms with Crippen LogP contribution in [0, 0.1) is 0 Å². The van der Waals surface area contributed by atoms with E-state index in [1.54, 1.807) is 0 Å². The molecular formula is C30H21ClO. The predicted octanol–water partition coefficient (Wildman–Crippen LogP) is 8.71. The maximum atomic E-state index is 11.8. The van der Waals surface area contributed by atoms with Crippen LogP contribution in [0.1, 0.15) is 0 Å². The molecule has 2 heteroatoms. The van der Waals surface area contributed by atoms with Gasteiger partial charge in [-0.15, -0.1) is 0 Å². The van der Waals surface area contributed by atoms with Crippen LogP contribution in [0.15, 0.2) is 121 Å². The second kappa shape index (κ2) is 8.74. The van der Waals surface area contributed by atoms with Crippen LogP contribution in [0.4, 0.5) is 0 Å². The summed E-state index contributed by atoms with van der Waals surface area (Å²) >= 11 is 6.17. The fourth-order valence-corrected chi connectivity index (χ4v) is 4.29. The molecule has 0 bridgehead atoms. The van der Waals surface area contributed by atoms with Crippen LogP contribution >= 0.6 is 11.6 Å². The summed E-state index contributed by atoms with van der Waals surface area (Å²) in [4.78, 5) is 0. The van der Waals surface area contributed by atoms with Crippen LogP contribution in [0.25, 0.3) is 44.5 Å². The Bertz CT molecular complexity index is 1340. The number of hydrogen-bond acceptors (Lipinski definition) is 1.